The van der Waals surface area contributed by atoms with Gasteiger partial charge < -0.3 is 10.2 Å². The molecule has 0 heterocycles. The van der Waals surface area contributed by atoms with Crippen molar-refractivity contribution in [1.29, 1.82) is 0 Å². The van der Waals surface area contributed by atoms with Gasteiger partial charge in [0.25, 0.3) is 0 Å². The lowest BCUT2D eigenvalue weighted by molar-refractivity contribution is 0.487. The normalized spacial score (nSPS) is 11.7. The summed E-state index contributed by atoms with van der Waals surface area (Å²) >= 11 is 6.08. The molecular formula is C22H13ClO2. The number of aromatic hydroxyl groups is 2. The van der Waals surface area contributed by atoms with Crippen molar-refractivity contribution in [3.8, 4) is 11.5 Å². The van der Waals surface area contributed by atoms with Gasteiger partial charge in [0, 0.05) is 26.6 Å². The molecule has 120 valence electrons. The van der Waals surface area contributed by atoms with Crippen LogP contribution in [-0.2, 0) is 0 Å². The number of hydrogen-bond acceptors (Lipinski definition) is 2. The second-order valence-corrected chi connectivity index (χ2v) is 6.77. The summed E-state index contributed by atoms with van der Waals surface area (Å²) in [5.74, 6) is 0.421. The van der Waals surface area contributed by atoms with Crippen molar-refractivity contribution < 1.29 is 10.2 Å². The summed E-state index contributed by atoms with van der Waals surface area (Å²) in [6, 6.07) is 21.2. The lowest BCUT2D eigenvalue weighted by atomic mass is 9.96. The summed E-state index contributed by atoms with van der Waals surface area (Å²) in [5.41, 5.74) is 0. The lowest BCUT2D eigenvalue weighted by Crippen LogP contribution is -1.83. The first-order valence-electron chi connectivity index (χ1n) is 8.01. The fourth-order valence-corrected chi connectivity index (χ4v) is 3.78. The molecule has 3 heteroatoms. The number of benzene rings is 5. The summed E-state index contributed by atoms with van der Waals surface area (Å²) in [7, 11) is 0. The minimum Gasteiger partial charge on any atom is -0.507 e. The van der Waals surface area contributed by atoms with Crippen LogP contribution in [0.15, 0.2) is 66.7 Å². The topological polar surface area (TPSA) is 40.5 Å². The van der Waals surface area contributed by atoms with Crippen molar-refractivity contribution in [2.75, 3.05) is 0 Å². The summed E-state index contributed by atoms with van der Waals surface area (Å²) in [4.78, 5) is 0. The van der Waals surface area contributed by atoms with Gasteiger partial charge in [-0.2, -0.15) is 0 Å². The Bertz CT molecular complexity index is 1320. The van der Waals surface area contributed by atoms with Crippen LogP contribution in [0.2, 0.25) is 5.02 Å². The van der Waals surface area contributed by atoms with E-state index in [2.05, 4.69) is 6.07 Å². The van der Waals surface area contributed by atoms with Crippen LogP contribution in [0, 0.1) is 0 Å². The molecule has 5 aromatic rings. The first kappa shape index (κ1) is 14.4. The van der Waals surface area contributed by atoms with Gasteiger partial charge in [-0.3, -0.25) is 0 Å². The van der Waals surface area contributed by atoms with Crippen LogP contribution in [0.5, 0.6) is 11.5 Å². The van der Waals surface area contributed by atoms with Crippen molar-refractivity contribution >= 4 is 54.7 Å². The zero-order chi connectivity index (χ0) is 17.1. The third-order valence-electron chi connectivity index (χ3n) is 4.84. The monoisotopic (exact) mass is 344 g/mol. The Hall–Kier alpha value is -2.97. The van der Waals surface area contributed by atoms with E-state index >= 15 is 0 Å². The van der Waals surface area contributed by atoms with Crippen molar-refractivity contribution in [2.24, 2.45) is 0 Å². The molecule has 0 fully saturated rings. The number of phenolic OH excluding ortho intramolecular Hbond substituents is 2. The molecule has 0 aliphatic heterocycles. The average molecular weight is 345 g/mol. The Morgan fingerprint density at radius 1 is 0.520 bits per heavy atom. The second-order valence-electron chi connectivity index (χ2n) is 6.33. The molecule has 0 saturated heterocycles. The van der Waals surface area contributed by atoms with Gasteiger partial charge in [-0.25, -0.2) is 0 Å². The molecule has 25 heavy (non-hydrogen) atoms. The second kappa shape index (κ2) is 5.01. The molecule has 0 atom stereocenters. The van der Waals surface area contributed by atoms with Crippen molar-refractivity contribution in [2.45, 2.75) is 0 Å². The highest BCUT2D eigenvalue weighted by Crippen LogP contribution is 2.41. The summed E-state index contributed by atoms with van der Waals surface area (Å²) in [5, 5.41) is 28.8. The van der Waals surface area contributed by atoms with E-state index in [4.69, 9.17) is 11.6 Å². The molecule has 5 rings (SSSR count). The molecule has 0 bridgehead atoms. The number of phenols is 2. The fourth-order valence-electron chi connectivity index (χ4n) is 3.61. The maximum Gasteiger partial charge on any atom is 0.131 e. The fraction of sp³-hybridized carbons (Fsp3) is 0. The minimum absolute atomic E-state index is 0.185. The Kier molecular flexibility index (Phi) is 2.88. The first-order chi connectivity index (χ1) is 12.1. The quantitative estimate of drug-likeness (QED) is 0.321. The van der Waals surface area contributed by atoms with Gasteiger partial charge in [-0.15, -0.1) is 0 Å². The smallest absolute Gasteiger partial charge is 0.131 e. The Labute approximate surface area is 148 Å². The molecule has 2 N–H and O–H groups in total. The van der Waals surface area contributed by atoms with E-state index in [1.807, 2.05) is 54.6 Å². The SMILES string of the molecule is Oc1c2ccccc2cc2cc3cc4ccc(Cl)cc4c(O)c3cc12. The predicted molar refractivity (Wildman–Crippen MR) is 105 cm³/mol. The largest absolute Gasteiger partial charge is 0.507 e. The van der Waals surface area contributed by atoms with Crippen LogP contribution < -0.4 is 0 Å². The van der Waals surface area contributed by atoms with Crippen LogP contribution in [0.4, 0.5) is 0 Å². The highest BCUT2D eigenvalue weighted by Gasteiger charge is 2.12. The molecule has 0 aliphatic carbocycles. The third kappa shape index (κ3) is 2.04. The van der Waals surface area contributed by atoms with E-state index in [1.165, 1.54) is 0 Å². The van der Waals surface area contributed by atoms with Gasteiger partial charge in [0.2, 0.25) is 0 Å². The van der Waals surface area contributed by atoms with Gasteiger partial charge in [0.05, 0.1) is 0 Å². The van der Waals surface area contributed by atoms with Gasteiger partial charge in [-0.05, 0) is 57.9 Å². The van der Waals surface area contributed by atoms with Gasteiger partial charge in [0.1, 0.15) is 11.5 Å². The molecule has 0 amide bonds. The third-order valence-corrected chi connectivity index (χ3v) is 5.08. The van der Waals surface area contributed by atoms with Crippen molar-refractivity contribution in [3.05, 3.63) is 71.8 Å². The number of rotatable bonds is 0. The maximum atomic E-state index is 10.8. The number of fused-ring (bicyclic) bond motifs is 4. The van der Waals surface area contributed by atoms with E-state index in [0.29, 0.717) is 15.8 Å². The Morgan fingerprint density at radius 3 is 1.84 bits per heavy atom. The van der Waals surface area contributed by atoms with Crippen molar-refractivity contribution in [1.82, 2.24) is 0 Å². The molecule has 0 spiro atoms. The van der Waals surface area contributed by atoms with E-state index in [1.54, 1.807) is 6.07 Å². The predicted octanol–water partition coefficient (Wildman–Crippen LogP) is 6.36. The van der Waals surface area contributed by atoms with Crippen LogP contribution in [-0.4, -0.2) is 10.2 Å². The van der Waals surface area contributed by atoms with E-state index < -0.39 is 0 Å². The lowest BCUT2D eigenvalue weighted by Gasteiger charge is -2.11. The molecule has 2 nitrogen and oxygen atoms in total. The highest BCUT2D eigenvalue weighted by atomic mass is 35.5. The van der Waals surface area contributed by atoms with Crippen LogP contribution in [0.25, 0.3) is 43.1 Å². The number of halogens is 1. The Balaban J connectivity index is 1.99. The standard InChI is InChI=1S/C22H13ClO2/c23-16-6-5-13-8-15-9-14-7-12-3-1-2-4-17(12)21(24)19(14)11-20(15)22(25)18(13)10-16/h1-11,24-25H. The minimum atomic E-state index is 0.185. The zero-order valence-corrected chi connectivity index (χ0v) is 13.9. The highest BCUT2D eigenvalue weighted by molar-refractivity contribution is 6.31. The molecular weight excluding hydrogens is 332 g/mol. The van der Waals surface area contributed by atoms with Crippen molar-refractivity contribution in [3.63, 3.8) is 0 Å². The van der Waals surface area contributed by atoms with E-state index in [9.17, 15) is 10.2 Å². The number of hydrogen-bond donors (Lipinski definition) is 2. The van der Waals surface area contributed by atoms with Crippen LogP contribution in [0.1, 0.15) is 0 Å². The van der Waals surface area contributed by atoms with E-state index in [0.717, 1.165) is 32.3 Å². The summed E-state index contributed by atoms with van der Waals surface area (Å²) in [6.45, 7) is 0. The molecule has 0 saturated carbocycles. The summed E-state index contributed by atoms with van der Waals surface area (Å²) < 4.78 is 0. The molecule has 0 aromatic heterocycles. The average Bonchev–Trinajstić information content (AvgIpc) is 2.62. The van der Waals surface area contributed by atoms with Gasteiger partial charge >= 0.3 is 0 Å². The van der Waals surface area contributed by atoms with Crippen LogP contribution in [0.3, 0.4) is 0 Å². The van der Waals surface area contributed by atoms with Gasteiger partial charge in [-0.1, -0.05) is 41.9 Å². The molecule has 0 unspecified atom stereocenters. The van der Waals surface area contributed by atoms with Crippen LogP contribution >= 0.6 is 11.6 Å². The maximum absolute atomic E-state index is 10.8. The zero-order valence-electron chi connectivity index (χ0n) is 13.1. The summed E-state index contributed by atoms with van der Waals surface area (Å²) in [6.07, 6.45) is 0. The van der Waals surface area contributed by atoms with Gasteiger partial charge in [0.15, 0.2) is 0 Å². The molecule has 5 aromatic carbocycles. The molecule has 0 aliphatic rings. The Morgan fingerprint density at radius 2 is 1.08 bits per heavy atom. The van der Waals surface area contributed by atoms with E-state index in [-0.39, 0.29) is 11.5 Å². The molecule has 0 radical (unpaired) electrons. The first-order valence-corrected chi connectivity index (χ1v) is 8.39.